The highest BCUT2D eigenvalue weighted by molar-refractivity contribution is 6.06. The zero-order valence-electron chi connectivity index (χ0n) is 9.91. The lowest BCUT2D eigenvalue weighted by atomic mass is 10.2. The van der Waals surface area contributed by atoms with E-state index in [1.807, 2.05) is 6.07 Å². The molecule has 4 nitrogen and oxygen atoms in total. The van der Waals surface area contributed by atoms with Crippen LogP contribution in [0.25, 0.3) is 0 Å². The number of phenolic OH excluding ortho intramolecular Hbond substituents is 1. The van der Waals surface area contributed by atoms with Crippen LogP contribution in [0.3, 0.4) is 0 Å². The van der Waals surface area contributed by atoms with Crippen molar-refractivity contribution < 1.29 is 14.7 Å². The molecule has 1 amide bonds. The summed E-state index contributed by atoms with van der Waals surface area (Å²) in [5, 5.41) is 10.8. The van der Waals surface area contributed by atoms with Crippen LogP contribution >= 0.6 is 0 Å². The number of nitrogens with zero attached hydrogens (tertiary/aromatic N) is 1. The van der Waals surface area contributed by atoms with E-state index in [1.165, 1.54) is 13.2 Å². The molecule has 4 heteroatoms. The Bertz CT molecular complexity index is 540. The van der Waals surface area contributed by atoms with Gasteiger partial charge < -0.3 is 5.11 Å². The highest BCUT2D eigenvalue weighted by Gasteiger charge is 2.20. The highest BCUT2D eigenvalue weighted by atomic mass is 16.7. The first-order valence-corrected chi connectivity index (χ1v) is 5.45. The van der Waals surface area contributed by atoms with Crippen LogP contribution in [-0.4, -0.2) is 18.1 Å². The standard InChI is InChI=1S/C14H13NO3/c1-18-15(11-7-3-2-4-8-11)14(17)12-9-5-6-10-13(12)16/h2-10,16H,1H3. The lowest BCUT2D eigenvalue weighted by Gasteiger charge is -2.19. The number of carbonyl (C=O) groups excluding carboxylic acids is 1. The van der Waals surface area contributed by atoms with Crippen LogP contribution in [-0.2, 0) is 4.84 Å². The summed E-state index contributed by atoms with van der Waals surface area (Å²) >= 11 is 0. The SMILES string of the molecule is CON(C(=O)c1ccccc1O)c1ccccc1. The molecular weight excluding hydrogens is 230 g/mol. The minimum absolute atomic E-state index is 0.0690. The van der Waals surface area contributed by atoms with Crippen LogP contribution < -0.4 is 5.06 Å². The molecule has 0 aliphatic heterocycles. The van der Waals surface area contributed by atoms with Gasteiger partial charge in [-0.05, 0) is 24.3 Å². The zero-order chi connectivity index (χ0) is 13.0. The third-order valence-corrected chi connectivity index (χ3v) is 2.49. The maximum Gasteiger partial charge on any atom is 0.285 e. The molecule has 0 spiro atoms. The van der Waals surface area contributed by atoms with Crippen molar-refractivity contribution in [2.75, 3.05) is 12.2 Å². The molecular formula is C14H13NO3. The van der Waals surface area contributed by atoms with E-state index < -0.39 is 5.91 Å². The predicted octanol–water partition coefficient (Wildman–Crippen LogP) is 2.60. The molecule has 0 aliphatic carbocycles. The van der Waals surface area contributed by atoms with Gasteiger partial charge in [0.1, 0.15) is 5.75 Å². The van der Waals surface area contributed by atoms with Gasteiger partial charge in [0.2, 0.25) is 0 Å². The number of amides is 1. The predicted molar refractivity (Wildman–Crippen MR) is 68.4 cm³/mol. The Morgan fingerprint density at radius 3 is 2.28 bits per heavy atom. The van der Waals surface area contributed by atoms with Gasteiger partial charge in [0, 0.05) is 0 Å². The monoisotopic (exact) mass is 243 g/mol. The van der Waals surface area contributed by atoms with E-state index in [0.29, 0.717) is 5.69 Å². The van der Waals surface area contributed by atoms with Gasteiger partial charge in [0.05, 0.1) is 18.4 Å². The average Bonchev–Trinajstić information content (AvgIpc) is 2.41. The molecule has 0 radical (unpaired) electrons. The number of rotatable bonds is 3. The molecule has 2 aromatic carbocycles. The van der Waals surface area contributed by atoms with Crippen molar-refractivity contribution in [2.24, 2.45) is 0 Å². The van der Waals surface area contributed by atoms with Gasteiger partial charge in [-0.3, -0.25) is 9.63 Å². The molecule has 0 unspecified atom stereocenters. The van der Waals surface area contributed by atoms with Gasteiger partial charge in [-0.2, -0.15) is 5.06 Å². The fourth-order valence-corrected chi connectivity index (χ4v) is 1.63. The molecule has 0 saturated heterocycles. The minimum atomic E-state index is -0.415. The summed E-state index contributed by atoms with van der Waals surface area (Å²) in [4.78, 5) is 17.3. The summed E-state index contributed by atoms with van der Waals surface area (Å²) in [6.07, 6.45) is 0. The number of hydroxylamine groups is 1. The normalized spacial score (nSPS) is 10.1. The van der Waals surface area contributed by atoms with Crippen molar-refractivity contribution in [1.82, 2.24) is 0 Å². The fourth-order valence-electron chi connectivity index (χ4n) is 1.63. The number of anilines is 1. The smallest absolute Gasteiger partial charge is 0.285 e. The number of carbonyl (C=O) groups is 1. The van der Waals surface area contributed by atoms with Crippen molar-refractivity contribution in [1.29, 1.82) is 0 Å². The quantitative estimate of drug-likeness (QED) is 0.843. The molecule has 1 N–H and O–H groups in total. The van der Waals surface area contributed by atoms with Crippen molar-refractivity contribution in [3.63, 3.8) is 0 Å². The largest absolute Gasteiger partial charge is 0.507 e. The van der Waals surface area contributed by atoms with E-state index in [-0.39, 0.29) is 11.3 Å². The third kappa shape index (κ3) is 2.33. The highest BCUT2D eigenvalue weighted by Crippen LogP contribution is 2.22. The molecule has 92 valence electrons. The van der Waals surface area contributed by atoms with Gasteiger partial charge in [-0.25, -0.2) is 0 Å². The Kier molecular flexibility index (Phi) is 3.60. The second-order valence-corrected chi connectivity index (χ2v) is 3.63. The van der Waals surface area contributed by atoms with Crippen molar-refractivity contribution in [2.45, 2.75) is 0 Å². The van der Waals surface area contributed by atoms with Crippen LogP contribution in [0.15, 0.2) is 54.6 Å². The number of aromatic hydroxyl groups is 1. The van der Waals surface area contributed by atoms with E-state index in [1.54, 1.807) is 42.5 Å². The van der Waals surface area contributed by atoms with Crippen LogP contribution in [0.1, 0.15) is 10.4 Å². The lowest BCUT2D eigenvalue weighted by molar-refractivity contribution is 0.0770. The molecule has 0 atom stereocenters. The lowest BCUT2D eigenvalue weighted by Crippen LogP contribution is -2.29. The van der Waals surface area contributed by atoms with Gasteiger partial charge in [0.25, 0.3) is 5.91 Å². The molecule has 0 heterocycles. The second-order valence-electron chi connectivity index (χ2n) is 3.63. The van der Waals surface area contributed by atoms with Gasteiger partial charge in [0.15, 0.2) is 0 Å². The maximum atomic E-state index is 12.2. The topological polar surface area (TPSA) is 49.8 Å². The zero-order valence-corrected chi connectivity index (χ0v) is 9.91. The van der Waals surface area contributed by atoms with Crippen molar-refractivity contribution >= 4 is 11.6 Å². The third-order valence-electron chi connectivity index (χ3n) is 2.49. The Balaban J connectivity index is 2.35. The first kappa shape index (κ1) is 12.1. The maximum absolute atomic E-state index is 12.2. The minimum Gasteiger partial charge on any atom is -0.507 e. The summed E-state index contributed by atoms with van der Waals surface area (Å²) in [5.74, 6) is -0.484. The first-order valence-electron chi connectivity index (χ1n) is 5.45. The van der Waals surface area contributed by atoms with E-state index in [4.69, 9.17) is 4.84 Å². The Morgan fingerprint density at radius 1 is 1.06 bits per heavy atom. The molecule has 2 rings (SSSR count). The van der Waals surface area contributed by atoms with Crippen LogP contribution in [0, 0.1) is 0 Å². The average molecular weight is 243 g/mol. The summed E-state index contributed by atoms with van der Waals surface area (Å²) in [7, 11) is 1.41. The summed E-state index contributed by atoms with van der Waals surface area (Å²) in [6, 6.07) is 15.3. The van der Waals surface area contributed by atoms with E-state index in [9.17, 15) is 9.90 Å². The molecule has 0 aliphatic rings. The van der Waals surface area contributed by atoms with Gasteiger partial charge in [-0.15, -0.1) is 0 Å². The molecule has 0 saturated carbocycles. The van der Waals surface area contributed by atoms with E-state index in [2.05, 4.69) is 0 Å². The number of para-hydroxylation sites is 2. The van der Waals surface area contributed by atoms with Crippen molar-refractivity contribution in [3.05, 3.63) is 60.2 Å². The van der Waals surface area contributed by atoms with Crippen LogP contribution in [0.4, 0.5) is 5.69 Å². The second kappa shape index (κ2) is 5.33. The number of phenols is 1. The molecule has 0 fully saturated rings. The summed E-state index contributed by atoms with van der Waals surface area (Å²) in [6.45, 7) is 0. The number of hydrogen-bond donors (Lipinski definition) is 1. The van der Waals surface area contributed by atoms with Gasteiger partial charge in [-0.1, -0.05) is 30.3 Å². The molecule has 2 aromatic rings. The Hall–Kier alpha value is -2.33. The van der Waals surface area contributed by atoms with Crippen LogP contribution in [0.2, 0.25) is 0 Å². The van der Waals surface area contributed by atoms with E-state index >= 15 is 0 Å². The fraction of sp³-hybridized carbons (Fsp3) is 0.0714. The first-order chi connectivity index (χ1) is 8.74. The van der Waals surface area contributed by atoms with Crippen LogP contribution in [0.5, 0.6) is 5.75 Å². The molecule has 18 heavy (non-hydrogen) atoms. The molecule has 0 aromatic heterocycles. The Morgan fingerprint density at radius 2 is 1.67 bits per heavy atom. The Labute approximate surface area is 105 Å². The molecule has 0 bridgehead atoms. The number of benzene rings is 2. The number of hydrogen-bond acceptors (Lipinski definition) is 3. The van der Waals surface area contributed by atoms with Gasteiger partial charge >= 0.3 is 0 Å². The van der Waals surface area contributed by atoms with E-state index in [0.717, 1.165) is 5.06 Å². The summed E-state index contributed by atoms with van der Waals surface area (Å²) in [5.41, 5.74) is 0.802. The summed E-state index contributed by atoms with van der Waals surface area (Å²) < 4.78 is 0. The van der Waals surface area contributed by atoms with Crippen molar-refractivity contribution in [3.8, 4) is 5.75 Å².